The van der Waals surface area contributed by atoms with Gasteiger partial charge in [-0.2, -0.15) is 0 Å². The SMILES string of the molecule is O=C(NCc1ccc(Cl)cc1)[C@@H]1Cc2c([nH]c3ccccc23)[C@@H]2c3ccccc3C(=O)N21. The van der Waals surface area contributed by atoms with E-state index in [0.29, 0.717) is 23.6 Å². The van der Waals surface area contributed by atoms with Gasteiger partial charge in [-0.15, -0.1) is 0 Å². The summed E-state index contributed by atoms with van der Waals surface area (Å²) in [6, 6.07) is 22.3. The number of hydrogen-bond acceptors (Lipinski definition) is 2. The molecule has 0 spiro atoms. The van der Waals surface area contributed by atoms with E-state index in [1.807, 2.05) is 54.6 Å². The second kappa shape index (κ2) is 7.24. The van der Waals surface area contributed by atoms with E-state index in [9.17, 15) is 9.59 Å². The highest BCUT2D eigenvalue weighted by atomic mass is 35.5. The van der Waals surface area contributed by atoms with E-state index in [1.54, 1.807) is 17.0 Å². The molecule has 5 nitrogen and oxygen atoms in total. The molecule has 3 aromatic carbocycles. The van der Waals surface area contributed by atoms with Crippen LogP contribution in [0.5, 0.6) is 0 Å². The maximum Gasteiger partial charge on any atom is 0.255 e. The van der Waals surface area contributed by atoms with Gasteiger partial charge >= 0.3 is 0 Å². The number of rotatable bonds is 3. The fraction of sp³-hybridized carbons (Fsp3) is 0.154. The Kier molecular flexibility index (Phi) is 4.33. The Balaban J connectivity index is 1.41. The second-order valence-corrected chi connectivity index (χ2v) is 8.77. The molecule has 0 radical (unpaired) electrons. The van der Waals surface area contributed by atoms with Gasteiger partial charge < -0.3 is 15.2 Å². The van der Waals surface area contributed by atoms with Crippen molar-refractivity contribution in [3.63, 3.8) is 0 Å². The molecule has 158 valence electrons. The molecule has 4 aromatic rings. The summed E-state index contributed by atoms with van der Waals surface area (Å²) in [5.74, 6) is -0.247. The number of carbonyl (C=O) groups excluding carboxylic acids is 2. The van der Waals surface area contributed by atoms with E-state index in [0.717, 1.165) is 33.3 Å². The number of H-pyrrole nitrogens is 1. The fourth-order valence-corrected chi connectivity index (χ4v) is 5.17. The van der Waals surface area contributed by atoms with Crippen molar-refractivity contribution in [1.82, 2.24) is 15.2 Å². The van der Waals surface area contributed by atoms with Crippen molar-refractivity contribution in [2.75, 3.05) is 0 Å². The first-order valence-corrected chi connectivity index (χ1v) is 11.0. The van der Waals surface area contributed by atoms with Gasteiger partial charge in [0, 0.05) is 40.1 Å². The van der Waals surface area contributed by atoms with Crippen molar-refractivity contribution in [2.24, 2.45) is 0 Å². The zero-order valence-electron chi connectivity index (χ0n) is 17.1. The van der Waals surface area contributed by atoms with Crippen LogP contribution in [0.3, 0.4) is 0 Å². The normalized spacial score (nSPS) is 18.9. The first-order valence-electron chi connectivity index (χ1n) is 10.6. The van der Waals surface area contributed by atoms with Crippen LogP contribution in [0.25, 0.3) is 10.9 Å². The van der Waals surface area contributed by atoms with Crippen LogP contribution in [0.1, 0.15) is 38.8 Å². The first kappa shape index (κ1) is 19.1. The summed E-state index contributed by atoms with van der Waals surface area (Å²) in [5, 5.41) is 4.79. The summed E-state index contributed by atoms with van der Waals surface area (Å²) in [6.45, 7) is 0.382. The van der Waals surface area contributed by atoms with E-state index in [1.165, 1.54) is 0 Å². The van der Waals surface area contributed by atoms with Gasteiger partial charge in [0.25, 0.3) is 5.91 Å². The van der Waals surface area contributed by atoms with Crippen LogP contribution >= 0.6 is 11.6 Å². The molecule has 0 saturated carbocycles. The van der Waals surface area contributed by atoms with Crippen molar-refractivity contribution >= 4 is 34.3 Å². The number of nitrogens with zero attached hydrogens (tertiary/aromatic N) is 1. The third-order valence-corrected chi connectivity index (χ3v) is 6.79. The van der Waals surface area contributed by atoms with E-state index in [-0.39, 0.29) is 17.9 Å². The van der Waals surface area contributed by atoms with Crippen LogP contribution in [0.4, 0.5) is 0 Å². The maximum absolute atomic E-state index is 13.4. The Bertz CT molecular complexity index is 1380. The van der Waals surface area contributed by atoms with Crippen LogP contribution in [0.2, 0.25) is 5.02 Å². The van der Waals surface area contributed by atoms with Crippen molar-refractivity contribution in [3.05, 3.63) is 106 Å². The van der Waals surface area contributed by atoms with Gasteiger partial charge in [0.2, 0.25) is 5.91 Å². The van der Waals surface area contributed by atoms with E-state index in [4.69, 9.17) is 11.6 Å². The number of fused-ring (bicyclic) bond motifs is 7. The highest BCUT2D eigenvalue weighted by molar-refractivity contribution is 6.30. The molecule has 6 rings (SSSR count). The lowest BCUT2D eigenvalue weighted by Gasteiger charge is -2.37. The number of halogens is 1. The van der Waals surface area contributed by atoms with Crippen LogP contribution in [-0.2, 0) is 17.8 Å². The molecule has 2 aliphatic heterocycles. The average molecular weight is 442 g/mol. The topological polar surface area (TPSA) is 65.2 Å². The second-order valence-electron chi connectivity index (χ2n) is 8.33. The summed E-state index contributed by atoms with van der Waals surface area (Å²) in [5.41, 5.74) is 5.71. The molecule has 3 heterocycles. The fourth-order valence-electron chi connectivity index (χ4n) is 5.05. The summed E-state index contributed by atoms with van der Waals surface area (Å²) in [7, 11) is 0. The van der Waals surface area contributed by atoms with Gasteiger partial charge in [-0.1, -0.05) is 60.1 Å². The molecule has 1 aromatic heterocycles. The van der Waals surface area contributed by atoms with Crippen LogP contribution in [-0.4, -0.2) is 27.7 Å². The Morgan fingerprint density at radius 3 is 2.62 bits per heavy atom. The van der Waals surface area contributed by atoms with E-state index in [2.05, 4.69) is 16.4 Å². The van der Waals surface area contributed by atoms with Crippen molar-refractivity contribution in [3.8, 4) is 0 Å². The smallest absolute Gasteiger partial charge is 0.255 e. The molecule has 0 saturated heterocycles. The van der Waals surface area contributed by atoms with Crippen LogP contribution in [0, 0.1) is 0 Å². The minimum absolute atomic E-state index is 0.0958. The number of carbonyl (C=O) groups is 2. The molecule has 2 aliphatic rings. The Morgan fingerprint density at radius 1 is 1.03 bits per heavy atom. The molecule has 2 amide bonds. The zero-order valence-corrected chi connectivity index (χ0v) is 17.9. The number of hydrogen-bond donors (Lipinski definition) is 2. The van der Waals surface area contributed by atoms with Gasteiger partial charge in [0.15, 0.2) is 0 Å². The van der Waals surface area contributed by atoms with Gasteiger partial charge in [0.1, 0.15) is 6.04 Å². The minimum Gasteiger partial charge on any atom is -0.356 e. The Hall–Kier alpha value is -3.57. The van der Waals surface area contributed by atoms with E-state index < -0.39 is 6.04 Å². The zero-order chi connectivity index (χ0) is 21.8. The monoisotopic (exact) mass is 441 g/mol. The summed E-state index contributed by atoms with van der Waals surface area (Å²) < 4.78 is 0. The minimum atomic E-state index is -0.584. The Labute approximate surface area is 190 Å². The van der Waals surface area contributed by atoms with Gasteiger partial charge in [0.05, 0.1) is 6.04 Å². The van der Waals surface area contributed by atoms with E-state index >= 15 is 0 Å². The first-order chi connectivity index (χ1) is 15.6. The number of aromatic nitrogens is 1. The molecular weight excluding hydrogens is 422 g/mol. The molecule has 0 fully saturated rings. The molecule has 0 unspecified atom stereocenters. The summed E-state index contributed by atoms with van der Waals surface area (Å²) in [4.78, 5) is 32.1. The lowest BCUT2D eigenvalue weighted by atomic mass is 9.90. The molecule has 32 heavy (non-hydrogen) atoms. The standard InChI is InChI=1S/C26H20ClN3O2/c27-16-11-9-15(10-12-16)14-28-25(31)22-13-20-17-5-3-4-8-21(17)29-23(20)24-18-6-1-2-7-19(18)26(32)30(22)24/h1-12,22,24,29H,13-14H2,(H,28,31)/t22-,24-/m0/s1. The summed E-state index contributed by atoms with van der Waals surface area (Å²) in [6.07, 6.45) is 0.474. The van der Waals surface area contributed by atoms with Gasteiger partial charge in [-0.25, -0.2) is 0 Å². The van der Waals surface area contributed by atoms with Crippen LogP contribution in [0.15, 0.2) is 72.8 Å². The highest BCUT2D eigenvalue weighted by Gasteiger charge is 2.48. The molecule has 6 heteroatoms. The number of aromatic amines is 1. The molecule has 0 aliphatic carbocycles. The summed E-state index contributed by atoms with van der Waals surface area (Å²) >= 11 is 5.97. The van der Waals surface area contributed by atoms with Crippen molar-refractivity contribution < 1.29 is 9.59 Å². The maximum atomic E-state index is 13.4. The number of para-hydroxylation sites is 1. The third kappa shape index (κ3) is 2.85. The van der Waals surface area contributed by atoms with Crippen molar-refractivity contribution in [2.45, 2.75) is 25.0 Å². The predicted molar refractivity (Wildman–Crippen MR) is 124 cm³/mol. The number of benzene rings is 3. The lowest BCUT2D eigenvalue weighted by Crippen LogP contribution is -2.52. The lowest BCUT2D eigenvalue weighted by molar-refractivity contribution is -0.126. The Morgan fingerprint density at radius 2 is 1.78 bits per heavy atom. The molecule has 2 N–H and O–H groups in total. The van der Waals surface area contributed by atoms with Gasteiger partial charge in [-0.05, 0) is 41.0 Å². The number of nitrogens with one attached hydrogen (secondary N) is 2. The molecule has 0 bridgehead atoms. The largest absolute Gasteiger partial charge is 0.356 e. The highest BCUT2D eigenvalue weighted by Crippen LogP contribution is 2.46. The average Bonchev–Trinajstić information content (AvgIpc) is 3.34. The number of amides is 2. The molecular formula is C26H20ClN3O2. The van der Waals surface area contributed by atoms with Crippen molar-refractivity contribution in [1.29, 1.82) is 0 Å². The van der Waals surface area contributed by atoms with Crippen LogP contribution < -0.4 is 5.32 Å². The van der Waals surface area contributed by atoms with Gasteiger partial charge in [-0.3, -0.25) is 9.59 Å². The molecule has 2 atom stereocenters. The third-order valence-electron chi connectivity index (χ3n) is 6.53. The predicted octanol–water partition coefficient (Wildman–Crippen LogP) is 4.61. The quantitative estimate of drug-likeness (QED) is 0.487.